The number of benzene rings is 2. The molecule has 2 N–H and O–H groups in total. The first-order chi connectivity index (χ1) is 13.7. The molecule has 5 rings (SSSR count). The molecule has 2 aromatic carbocycles. The van der Waals surface area contributed by atoms with Crippen molar-refractivity contribution in [3.8, 4) is 11.3 Å². The van der Waals surface area contributed by atoms with E-state index in [0.29, 0.717) is 5.95 Å². The van der Waals surface area contributed by atoms with Gasteiger partial charge in [-0.1, -0.05) is 30.3 Å². The van der Waals surface area contributed by atoms with Crippen LogP contribution in [0.15, 0.2) is 60.7 Å². The number of aromatic amines is 1. The Morgan fingerprint density at radius 2 is 1.89 bits per heavy atom. The number of aromatic nitrogens is 2. The van der Waals surface area contributed by atoms with Gasteiger partial charge in [-0.3, -0.25) is 0 Å². The molecular formula is C23H21FN4. The van der Waals surface area contributed by atoms with Crippen LogP contribution >= 0.6 is 0 Å². The van der Waals surface area contributed by atoms with E-state index >= 15 is 0 Å². The second kappa shape index (κ2) is 6.68. The van der Waals surface area contributed by atoms with E-state index in [1.807, 2.05) is 13.0 Å². The maximum absolute atomic E-state index is 13.4. The maximum Gasteiger partial charge on any atom is 0.207 e. The average molecular weight is 372 g/mol. The summed E-state index contributed by atoms with van der Waals surface area (Å²) in [5.74, 6) is 1.39. The molecule has 140 valence electrons. The first-order valence-electron chi connectivity index (χ1n) is 9.51. The summed E-state index contributed by atoms with van der Waals surface area (Å²) >= 11 is 0. The molecule has 2 heterocycles. The third-order valence-corrected chi connectivity index (χ3v) is 5.40. The van der Waals surface area contributed by atoms with Crippen LogP contribution in [0.4, 0.5) is 21.8 Å². The Morgan fingerprint density at radius 1 is 1.04 bits per heavy atom. The molecule has 5 heteroatoms. The fourth-order valence-corrected chi connectivity index (χ4v) is 3.92. The third kappa shape index (κ3) is 2.99. The largest absolute Gasteiger partial charge is 0.351 e. The first kappa shape index (κ1) is 16.8. The van der Waals surface area contributed by atoms with Crippen LogP contribution in [0.5, 0.6) is 0 Å². The Labute approximate surface area is 163 Å². The molecule has 0 atom stereocenters. The van der Waals surface area contributed by atoms with Gasteiger partial charge in [0.05, 0.1) is 5.69 Å². The SMILES string of the molecule is Cc1cc(F)ccc1Nc1nc(N2CCc3ccccc3C2)c2cccc-2[nH]1. The number of nitrogens with zero attached hydrogens (tertiary/aromatic N) is 2. The number of nitrogens with one attached hydrogen (secondary N) is 2. The van der Waals surface area contributed by atoms with E-state index < -0.39 is 0 Å². The van der Waals surface area contributed by atoms with Gasteiger partial charge in [0.15, 0.2) is 0 Å². The van der Waals surface area contributed by atoms with Gasteiger partial charge in [-0.25, -0.2) is 4.39 Å². The monoisotopic (exact) mass is 372 g/mol. The van der Waals surface area contributed by atoms with Crippen LogP contribution < -0.4 is 10.2 Å². The van der Waals surface area contributed by atoms with Gasteiger partial charge < -0.3 is 15.2 Å². The van der Waals surface area contributed by atoms with E-state index in [-0.39, 0.29) is 5.82 Å². The van der Waals surface area contributed by atoms with E-state index in [2.05, 4.69) is 51.6 Å². The van der Waals surface area contributed by atoms with Crippen molar-refractivity contribution in [2.75, 3.05) is 16.8 Å². The fraction of sp³-hybridized carbons (Fsp3) is 0.174. The summed E-state index contributed by atoms with van der Waals surface area (Å²) in [4.78, 5) is 10.6. The highest BCUT2D eigenvalue weighted by molar-refractivity contribution is 5.78. The smallest absolute Gasteiger partial charge is 0.207 e. The highest BCUT2D eigenvalue weighted by atomic mass is 19.1. The van der Waals surface area contributed by atoms with E-state index in [9.17, 15) is 4.39 Å². The van der Waals surface area contributed by atoms with Crippen molar-refractivity contribution in [2.45, 2.75) is 19.9 Å². The minimum absolute atomic E-state index is 0.237. The van der Waals surface area contributed by atoms with Gasteiger partial charge in [-0.15, -0.1) is 0 Å². The van der Waals surface area contributed by atoms with Gasteiger partial charge in [0.2, 0.25) is 5.95 Å². The minimum atomic E-state index is -0.237. The van der Waals surface area contributed by atoms with Crippen molar-refractivity contribution in [1.82, 2.24) is 9.97 Å². The highest BCUT2D eigenvalue weighted by Crippen LogP contribution is 2.35. The Morgan fingerprint density at radius 3 is 2.75 bits per heavy atom. The molecule has 2 aliphatic heterocycles. The first-order valence-corrected chi connectivity index (χ1v) is 9.51. The van der Waals surface area contributed by atoms with E-state index in [0.717, 1.165) is 47.8 Å². The zero-order valence-corrected chi connectivity index (χ0v) is 15.7. The van der Waals surface area contributed by atoms with Crippen molar-refractivity contribution in [3.05, 3.63) is 83.2 Å². The van der Waals surface area contributed by atoms with E-state index in [1.165, 1.54) is 23.3 Å². The molecule has 2 aromatic rings. The van der Waals surface area contributed by atoms with Crippen LogP contribution in [0.1, 0.15) is 16.7 Å². The summed E-state index contributed by atoms with van der Waals surface area (Å²) in [6.45, 7) is 3.67. The van der Waals surface area contributed by atoms with E-state index in [1.54, 1.807) is 6.07 Å². The molecule has 0 saturated carbocycles. The van der Waals surface area contributed by atoms with Crippen molar-refractivity contribution < 1.29 is 4.39 Å². The molecule has 28 heavy (non-hydrogen) atoms. The van der Waals surface area contributed by atoms with E-state index in [4.69, 9.17) is 4.98 Å². The van der Waals surface area contributed by atoms with Crippen molar-refractivity contribution in [2.24, 2.45) is 0 Å². The second-order valence-electron chi connectivity index (χ2n) is 7.29. The number of aryl methyl sites for hydroxylation is 1. The highest BCUT2D eigenvalue weighted by Gasteiger charge is 2.22. The number of H-pyrrole nitrogens is 1. The van der Waals surface area contributed by atoms with Crippen LogP contribution in [-0.4, -0.2) is 16.5 Å². The molecule has 0 bridgehead atoms. The second-order valence-corrected chi connectivity index (χ2v) is 7.29. The Hall–Kier alpha value is -3.34. The van der Waals surface area contributed by atoms with Crippen molar-refractivity contribution >= 4 is 17.5 Å². The zero-order valence-electron chi connectivity index (χ0n) is 15.7. The molecule has 1 aliphatic carbocycles. The zero-order chi connectivity index (χ0) is 19.1. The molecule has 0 spiro atoms. The number of hydrogen-bond donors (Lipinski definition) is 2. The lowest BCUT2D eigenvalue weighted by Crippen LogP contribution is -2.31. The molecule has 0 amide bonds. The molecule has 4 nitrogen and oxygen atoms in total. The Balaban J connectivity index is 1.52. The standard InChI is InChI=1S/C23H21FN4/c1-15-13-18(24)9-10-20(15)25-23-26-21-8-4-7-19(21)22(27-23)28-12-11-16-5-2-3-6-17(16)14-28/h2-10,13H,11-12,14H2,1H3,(H2,25,26,27). The quantitative estimate of drug-likeness (QED) is 0.515. The summed E-state index contributed by atoms with van der Waals surface area (Å²) < 4.78 is 13.4. The van der Waals surface area contributed by atoms with Gasteiger partial charge in [-0.05, 0) is 60.4 Å². The van der Waals surface area contributed by atoms with Crippen LogP contribution in [0, 0.1) is 12.7 Å². The Bertz CT molecular complexity index is 1120. The number of rotatable bonds is 3. The summed E-state index contributed by atoms with van der Waals surface area (Å²) in [6.07, 6.45) is 1.01. The molecule has 0 radical (unpaired) electrons. The summed E-state index contributed by atoms with van der Waals surface area (Å²) in [5.41, 5.74) is 6.59. The van der Waals surface area contributed by atoms with Gasteiger partial charge in [-0.2, -0.15) is 4.98 Å². The maximum atomic E-state index is 13.4. The lowest BCUT2D eigenvalue weighted by Gasteiger charge is -2.31. The normalized spacial score (nSPS) is 13.6. The van der Waals surface area contributed by atoms with Crippen molar-refractivity contribution in [3.63, 3.8) is 0 Å². The van der Waals surface area contributed by atoms with Crippen LogP contribution in [-0.2, 0) is 13.0 Å². The number of anilines is 3. The predicted octanol–water partition coefficient (Wildman–Crippen LogP) is 5.27. The molecule has 0 unspecified atom stereocenters. The van der Waals surface area contributed by atoms with Gasteiger partial charge in [0.25, 0.3) is 0 Å². The number of halogens is 1. The topological polar surface area (TPSA) is 44.0 Å². The average Bonchev–Trinajstić information content (AvgIpc) is 3.18. The van der Waals surface area contributed by atoms with Gasteiger partial charge >= 0.3 is 0 Å². The summed E-state index contributed by atoms with van der Waals surface area (Å²) in [7, 11) is 0. The molecule has 0 fully saturated rings. The van der Waals surface area contributed by atoms with Gasteiger partial charge in [0, 0.05) is 24.3 Å². The number of fused-ring (bicyclic) bond motifs is 2. The predicted molar refractivity (Wildman–Crippen MR) is 111 cm³/mol. The minimum Gasteiger partial charge on any atom is -0.351 e. The fourth-order valence-electron chi connectivity index (χ4n) is 3.92. The molecule has 0 aromatic heterocycles. The summed E-state index contributed by atoms with van der Waals surface area (Å²) in [6, 6.07) is 19.5. The van der Waals surface area contributed by atoms with Crippen LogP contribution in [0.3, 0.4) is 0 Å². The van der Waals surface area contributed by atoms with Crippen LogP contribution in [0.2, 0.25) is 0 Å². The van der Waals surface area contributed by atoms with Crippen LogP contribution in [0.25, 0.3) is 11.3 Å². The van der Waals surface area contributed by atoms with Crippen molar-refractivity contribution in [1.29, 1.82) is 0 Å². The lowest BCUT2D eigenvalue weighted by atomic mass is 9.99. The molecular weight excluding hydrogens is 351 g/mol. The molecule has 0 saturated heterocycles. The number of hydrogen-bond acceptors (Lipinski definition) is 3. The Kier molecular flexibility index (Phi) is 4.01. The third-order valence-electron chi connectivity index (χ3n) is 5.40. The summed E-state index contributed by atoms with van der Waals surface area (Å²) in [5, 5.41) is 3.32. The lowest BCUT2D eigenvalue weighted by molar-refractivity contribution is 0.627. The van der Waals surface area contributed by atoms with Gasteiger partial charge in [0.1, 0.15) is 11.6 Å². The molecule has 3 aliphatic rings.